The fourth-order valence-electron chi connectivity index (χ4n) is 2.16. The van der Waals surface area contributed by atoms with Crippen LogP contribution >= 0.6 is 12.2 Å². The molecule has 0 aliphatic carbocycles. The molecule has 1 aromatic rings. The normalized spacial score (nSPS) is 16.9. The van der Waals surface area contributed by atoms with Crippen LogP contribution in [0, 0.1) is 0 Å². The zero-order chi connectivity index (χ0) is 14.8. The van der Waals surface area contributed by atoms with Crippen LogP contribution in [0.1, 0.15) is 24.0 Å². The Labute approximate surface area is 120 Å². The first-order valence-electron chi connectivity index (χ1n) is 6.23. The first-order chi connectivity index (χ1) is 9.38. The molecular formula is C13H15F3N2OS. The van der Waals surface area contributed by atoms with Crippen molar-refractivity contribution in [2.45, 2.75) is 25.1 Å². The minimum Gasteiger partial charge on any atom is -0.389 e. The maximum absolute atomic E-state index is 12.8. The number of nitrogens with one attached hydrogen (secondary N) is 1. The number of hydrogen-bond donors (Lipinski definition) is 2. The topological polar surface area (TPSA) is 47.3 Å². The average molecular weight is 304 g/mol. The van der Waals surface area contributed by atoms with Gasteiger partial charge in [0.05, 0.1) is 5.56 Å². The highest BCUT2D eigenvalue weighted by Crippen LogP contribution is 2.33. The summed E-state index contributed by atoms with van der Waals surface area (Å²) in [7, 11) is 0. The third-order valence-corrected chi connectivity index (χ3v) is 3.40. The Morgan fingerprint density at radius 2 is 1.95 bits per heavy atom. The van der Waals surface area contributed by atoms with Crippen molar-refractivity contribution in [3.8, 4) is 0 Å². The fraction of sp³-hybridized carbons (Fsp3) is 0.462. The van der Waals surface area contributed by atoms with Crippen LogP contribution in [-0.4, -0.2) is 24.2 Å². The SMILES string of the molecule is NC(=S)c1cc(NC2CCOCC2)ccc1C(F)(F)F. The molecule has 1 aliphatic rings. The number of ether oxygens (including phenoxy) is 1. The lowest BCUT2D eigenvalue weighted by molar-refractivity contribution is -0.137. The number of benzene rings is 1. The number of rotatable bonds is 3. The van der Waals surface area contributed by atoms with Gasteiger partial charge in [0.2, 0.25) is 0 Å². The summed E-state index contributed by atoms with van der Waals surface area (Å²) in [6, 6.07) is 3.97. The smallest absolute Gasteiger partial charge is 0.389 e. The van der Waals surface area contributed by atoms with Gasteiger partial charge < -0.3 is 15.8 Å². The van der Waals surface area contributed by atoms with Gasteiger partial charge in [-0.2, -0.15) is 13.2 Å². The van der Waals surface area contributed by atoms with Crippen LogP contribution in [0.15, 0.2) is 18.2 Å². The summed E-state index contributed by atoms with van der Waals surface area (Å²) in [5.74, 6) is 0. The molecule has 1 heterocycles. The molecule has 3 N–H and O–H groups in total. The molecule has 0 spiro atoms. The van der Waals surface area contributed by atoms with E-state index in [0.29, 0.717) is 18.9 Å². The van der Waals surface area contributed by atoms with E-state index in [2.05, 4.69) is 5.32 Å². The van der Waals surface area contributed by atoms with E-state index in [1.165, 1.54) is 12.1 Å². The van der Waals surface area contributed by atoms with Crippen molar-refractivity contribution >= 4 is 22.9 Å². The summed E-state index contributed by atoms with van der Waals surface area (Å²) in [5.41, 5.74) is 5.04. The van der Waals surface area contributed by atoms with Crippen LogP contribution in [0.5, 0.6) is 0 Å². The number of anilines is 1. The number of halogens is 3. The van der Waals surface area contributed by atoms with E-state index in [9.17, 15) is 13.2 Å². The third-order valence-electron chi connectivity index (χ3n) is 3.18. The standard InChI is InChI=1S/C13H15F3N2OS/c14-13(15,16)11-2-1-9(7-10(11)12(17)20)18-8-3-5-19-6-4-8/h1-2,7-8,18H,3-6H2,(H2,17,20). The van der Waals surface area contributed by atoms with Crippen molar-refractivity contribution in [1.82, 2.24) is 0 Å². The van der Waals surface area contributed by atoms with Gasteiger partial charge in [-0.3, -0.25) is 0 Å². The van der Waals surface area contributed by atoms with E-state index in [1.54, 1.807) is 0 Å². The van der Waals surface area contributed by atoms with Gasteiger partial charge in [0.1, 0.15) is 4.99 Å². The van der Waals surface area contributed by atoms with Crippen LogP contribution in [0.25, 0.3) is 0 Å². The molecule has 110 valence electrons. The van der Waals surface area contributed by atoms with Crippen molar-refractivity contribution in [2.75, 3.05) is 18.5 Å². The van der Waals surface area contributed by atoms with Crippen molar-refractivity contribution in [3.05, 3.63) is 29.3 Å². The van der Waals surface area contributed by atoms with Crippen molar-refractivity contribution in [3.63, 3.8) is 0 Å². The Kier molecular flexibility index (Phi) is 4.49. The fourth-order valence-corrected chi connectivity index (χ4v) is 2.33. The Hall–Kier alpha value is -1.34. The van der Waals surface area contributed by atoms with Crippen LogP contribution < -0.4 is 11.1 Å². The summed E-state index contributed by atoms with van der Waals surface area (Å²) < 4.78 is 43.8. The van der Waals surface area contributed by atoms with Crippen molar-refractivity contribution < 1.29 is 17.9 Å². The van der Waals surface area contributed by atoms with Crippen LogP contribution in [-0.2, 0) is 10.9 Å². The molecule has 2 rings (SSSR count). The molecule has 1 aromatic carbocycles. The molecule has 0 atom stereocenters. The van der Waals surface area contributed by atoms with Gasteiger partial charge >= 0.3 is 6.18 Å². The lowest BCUT2D eigenvalue weighted by Crippen LogP contribution is -2.28. The van der Waals surface area contributed by atoms with Crippen LogP contribution in [0.4, 0.5) is 18.9 Å². The third kappa shape index (κ3) is 3.61. The highest BCUT2D eigenvalue weighted by molar-refractivity contribution is 7.80. The van der Waals surface area contributed by atoms with E-state index in [1.807, 2.05) is 0 Å². The van der Waals surface area contributed by atoms with Crippen LogP contribution in [0.2, 0.25) is 0 Å². The van der Waals surface area contributed by atoms with Crippen LogP contribution in [0.3, 0.4) is 0 Å². The lowest BCUT2D eigenvalue weighted by atomic mass is 10.0. The second-order valence-corrected chi connectivity index (χ2v) is 5.09. The number of hydrogen-bond acceptors (Lipinski definition) is 3. The Bertz CT molecular complexity index is 499. The van der Waals surface area contributed by atoms with Crippen molar-refractivity contribution in [1.29, 1.82) is 0 Å². The van der Waals surface area contributed by atoms with E-state index >= 15 is 0 Å². The maximum atomic E-state index is 12.8. The Morgan fingerprint density at radius 1 is 1.30 bits per heavy atom. The lowest BCUT2D eigenvalue weighted by Gasteiger charge is -2.24. The largest absolute Gasteiger partial charge is 0.417 e. The highest BCUT2D eigenvalue weighted by atomic mass is 32.1. The molecule has 1 saturated heterocycles. The van der Waals surface area contributed by atoms with Gasteiger partial charge in [0, 0.05) is 30.5 Å². The molecule has 1 fully saturated rings. The maximum Gasteiger partial charge on any atom is 0.417 e. The summed E-state index contributed by atoms with van der Waals surface area (Å²) in [5, 5.41) is 3.19. The van der Waals surface area contributed by atoms with Gasteiger partial charge in [0.25, 0.3) is 0 Å². The average Bonchev–Trinajstić information content (AvgIpc) is 2.38. The molecule has 1 aliphatic heterocycles. The van der Waals surface area contributed by atoms with E-state index in [4.69, 9.17) is 22.7 Å². The molecular weight excluding hydrogens is 289 g/mol. The summed E-state index contributed by atoms with van der Waals surface area (Å²) in [6.07, 6.45) is -2.82. The predicted octanol–water partition coefficient (Wildman–Crippen LogP) is 2.93. The molecule has 0 saturated carbocycles. The van der Waals surface area contributed by atoms with Gasteiger partial charge in [-0.05, 0) is 31.0 Å². The van der Waals surface area contributed by atoms with E-state index in [-0.39, 0.29) is 16.6 Å². The molecule has 0 unspecified atom stereocenters. The number of thiocarbonyl (C=S) groups is 1. The molecule has 0 radical (unpaired) electrons. The van der Waals surface area contributed by atoms with E-state index < -0.39 is 11.7 Å². The number of nitrogens with two attached hydrogens (primary N) is 1. The molecule has 0 amide bonds. The summed E-state index contributed by atoms with van der Waals surface area (Å²) in [6.45, 7) is 1.31. The van der Waals surface area contributed by atoms with Gasteiger partial charge in [-0.1, -0.05) is 12.2 Å². The molecule has 20 heavy (non-hydrogen) atoms. The molecule has 7 heteroatoms. The summed E-state index contributed by atoms with van der Waals surface area (Å²) in [4.78, 5) is -0.257. The monoisotopic (exact) mass is 304 g/mol. The predicted molar refractivity (Wildman–Crippen MR) is 74.8 cm³/mol. The zero-order valence-corrected chi connectivity index (χ0v) is 11.5. The minimum atomic E-state index is -4.46. The molecule has 0 aromatic heterocycles. The first kappa shape index (κ1) is 15.1. The second-order valence-electron chi connectivity index (χ2n) is 4.65. The van der Waals surface area contributed by atoms with Gasteiger partial charge in [-0.15, -0.1) is 0 Å². The summed E-state index contributed by atoms with van der Waals surface area (Å²) >= 11 is 4.71. The molecule has 0 bridgehead atoms. The zero-order valence-electron chi connectivity index (χ0n) is 10.7. The Balaban J connectivity index is 2.23. The van der Waals surface area contributed by atoms with Crippen molar-refractivity contribution in [2.24, 2.45) is 5.73 Å². The quantitative estimate of drug-likeness (QED) is 0.843. The highest BCUT2D eigenvalue weighted by Gasteiger charge is 2.34. The number of alkyl halides is 3. The first-order valence-corrected chi connectivity index (χ1v) is 6.64. The molecule has 3 nitrogen and oxygen atoms in total. The Morgan fingerprint density at radius 3 is 2.50 bits per heavy atom. The van der Waals surface area contributed by atoms with E-state index in [0.717, 1.165) is 18.9 Å². The van der Waals surface area contributed by atoms with Gasteiger partial charge in [0.15, 0.2) is 0 Å². The minimum absolute atomic E-state index is 0.149. The second kappa shape index (κ2) is 5.97. The van der Waals surface area contributed by atoms with Gasteiger partial charge in [-0.25, -0.2) is 0 Å².